The second kappa shape index (κ2) is 7.47. The number of ketones is 3. The van der Waals surface area contributed by atoms with Crippen LogP contribution in [-0.4, -0.2) is 74.3 Å². The number of halogens is 1. The molecule has 11 heteroatoms. The number of primary amides is 1. The number of carbonyl (C=O) groups excluding carboxylic acids is 4. The molecule has 0 fully saturated rings. The Morgan fingerprint density at radius 3 is 2.35 bits per heavy atom. The number of Topliss-reactive ketones (excluding diaryl/α,β-unsaturated/α-hetero) is 3. The molecule has 10 nitrogen and oxygen atoms in total. The van der Waals surface area contributed by atoms with E-state index >= 15 is 0 Å². The monoisotopic (exact) mass is 474 g/mol. The molecule has 4 rings (SSSR count). The number of aromatic hydroxyl groups is 1. The maximum atomic E-state index is 14.3. The van der Waals surface area contributed by atoms with Gasteiger partial charge in [0.1, 0.15) is 17.1 Å². The van der Waals surface area contributed by atoms with Gasteiger partial charge in [0.25, 0.3) is 5.91 Å². The zero-order chi connectivity index (χ0) is 25.4. The third-order valence-corrected chi connectivity index (χ3v) is 7.06. The number of nitrogens with zero attached hydrogens (tertiary/aromatic N) is 1. The number of rotatable bonds is 3. The lowest BCUT2D eigenvalue weighted by molar-refractivity contribution is -0.148. The lowest BCUT2D eigenvalue weighted by atomic mass is 9.58. The first-order valence-corrected chi connectivity index (χ1v) is 10.4. The van der Waals surface area contributed by atoms with Gasteiger partial charge >= 0.3 is 0 Å². The van der Waals surface area contributed by atoms with Crippen LogP contribution < -0.4 is 5.73 Å². The SMILES string of the molecule is CC(=O)c1cc(F)c(O)c2c1CC1CC3C(N(C)C)C(O)=C(C(N)=O)C(=O)C3(O)C(O)=C1C2=O. The third-order valence-electron chi connectivity index (χ3n) is 7.06. The highest BCUT2D eigenvalue weighted by atomic mass is 19.1. The number of benzene rings is 1. The first-order chi connectivity index (χ1) is 15.7. The summed E-state index contributed by atoms with van der Waals surface area (Å²) in [6.45, 7) is 1.18. The van der Waals surface area contributed by atoms with Crippen molar-refractivity contribution in [1.29, 1.82) is 0 Å². The zero-order valence-electron chi connectivity index (χ0n) is 18.5. The summed E-state index contributed by atoms with van der Waals surface area (Å²) in [7, 11) is 3.03. The molecule has 1 aromatic rings. The number of aliphatic hydroxyl groups is 3. The zero-order valence-corrected chi connectivity index (χ0v) is 18.5. The van der Waals surface area contributed by atoms with Gasteiger partial charge in [0, 0.05) is 17.1 Å². The van der Waals surface area contributed by atoms with Crippen molar-refractivity contribution < 1.29 is 44.0 Å². The summed E-state index contributed by atoms with van der Waals surface area (Å²) < 4.78 is 14.3. The van der Waals surface area contributed by atoms with Gasteiger partial charge in [-0.3, -0.25) is 24.1 Å². The van der Waals surface area contributed by atoms with E-state index in [0.717, 1.165) is 6.07 Å². The largest absolute Gasteiger partial charge is 0.510 e. The lowest BCUT2D eigenvalue weighted by Crippen LogP contribution is -2.63. The maximum Gasteiger partial charge on any atom is 0.255 e. The Morgan fingerprint density at radius 1 is 1.21 bits per heavy atom. The highest BCUT2D eigenvalue weighted by Crippen LogP contribution is 2.52. The van der Waals surface area contributed by atoms with Gasteiger partial charge in [0.05, 0.1) is 11.6 Å². The van der Waals surface area contributed by atoms with E-state index in [1.807, 2.05) is 0 Å². The Morgan fingerprint density at radius 2 is 1.82 bits per heavy atom. The second-order valence-electron chi connectivity index (χ2n) is 9.13. The molecule has 4 unspecified atom stereocenters. The van der Waals surface area contributed by atoms with Crippen LogP contribution in [0.25, 0.3) is 0 Å². The number of amides is 1. The minimum Gasteiger partial charge on any atom is -0.510 e. The summed E-state index contributed by atoms with van der Waals surface area (Å²) >= 11 is 0. The number of allylic oxidation sites excluding steroid dienone is 1. The quantitative estimate of drug-likeness (QED) is 0.307. The number of aliphatic hydroxyl groups excluding tert-OH is 2. The van der Waals surface area contributed by atoms with E-state index in [-0.39, 0.29) is 24.0 Å². The van der Waals surface area contributed by atoms with Crippen molar-refractivity contribution in [2.24, 2.45) is 17.6 Å². The van der Waals surface area contributed by atoms with Crippen LogP contribution in [0, 0.1) is 17.7 Å². The predicted octanol–water partition coefficient (Wildman–Crippen LogP) is 0.462. The van der Waals surface area contributed by atoms with Crippen molar-refractivity contribution in [3.8, 4) is 5.75 Å². The molecule has 0 radical (unpaired) electrons. The van der Waals surface area contributed by atoms with Gasteiger partial charge in [-0.15, -0.1) is 0 Å². The molecule has 0 saturated carbocycles. The summed E-state index contributed by atoms with van der Waals surface area (Å²) in [4.78, 5) is 52.0. The average Bonchev–Trinajstić information content (AvgIpc) is 2.72. The molecule has 0 spiro atoms. The first-order valence-electron chi connectivity index (χ1n) is 10.4. The molecule has 0 heterocycles. The van der Waals surface area contributed by atoms with Crippen LogP contribution in [0.5, 0.6) is 5.75 Å². The minimum absolute atomic E-state index is 0.0860. The van der Waals surface area contributed by atoms with Crippen LogP contribution in [0.2, 0.25) is 0 Å². The maximum absolute atomic E-state index is 14.3. The van der Waals surface area contributed by atoms with Crippen molar-refractivity contribution in [3.05, 3.63) is 51.2 Å². The normalized spacial score (nSPS) is 28.6. The fourth-order valence-electron chi connectivity index (χ4n) is 5.60. The van der Waals surface area contributed by atoms with Gasteiger partial charge in [-0.05, 0) is 51.4 Å². The van der Waals surface area contributed by atoms with Gasteiger partial charge in [-0.1, -0.05) is 0 Å². The summed E-state index contributed by atoms with van der Waals surface area (Å²) in [5.41, 5.74) is 0.586. The molecule has 0 saturated heterocycles. The number of fused-ring (bicyclic) bond motifs is 3. The highest BCUT2D eigenvalue weighted by molar-refractivity contribution is 6.25. The number of likely N-dealkylation sites (N-methyl/N-ethyl adjacent to an activating group) is 1. The molecule has 3 aliphatic carbocycles. The number of phenols is 1. The highest BCUT2D eigenvalue weighted by Gasteiger charge is 2.63. The molecule has 0 aliphatic heterocycles. The Hall–Kier alpha value is -3.57. The Labute approximate surface area is 192 Å². The van der Waals surface area contributed by atoms with Crippen molar-refractivity contribution >= 4 is 23.3 Å². The molecule has 3 aliphatic rings. The molecule has 4 atom stereocenters. The van der Waals surface area contributed by atoms with Crippen molar-refractivity contribution in [2.45, 2.75) is 31.4 Å². The molecular weight excluding hydrogens is 451 g/mol. The summed E-state index contributed by atoms with van der Waals surface area (Å²) in [5.74, 6) is -10.3. The lowest BCUT2D eigenvalue weighted by Gasteiger charge is -2.50. The topological polar surface area (TPSA) is 178 Å². The second-order valence-corrected chi connectivity index (χ2v) is 9.13. The van der Waals surface area contributed by atoms with Crippen LogP contribution in [0.3, 0.4) is 0 Å². The van der Waals surface area contributed by atoms with E-state index in [4.69, 9.17) is 5.73 Å². The van der Waals surface area contributed by atoms with E-state index < -0.39 is 86.5 Å². The van der Waals surface area contributed by atoms with Crippen LogP contribution in [0.1, 0.15) is 39.6 Å². The minimum atomic E-state index is -2.78. The number of hydrogen-bond acceptors (Lipinski definition) is 9. The predicted molar refractivity (Wildman–Crippen MR) is 114 cm³/mol. The van der Waals surface area contributed by atoms with E-state index in [9.17, 15) is 44.0 Å². The Kier molecular flexibility index (Phi) is 5.18. The van der Waals surface area contributed by atoms with Gasteiger partial charge in [0.2, 0.25) is 5.78 Å². The fourth-order valence-corrected chi connectivity index (χ4v) is 5.60. The molecule has 0 aromatic heterocycles. The van der Waals surface area contributed by atoms with Gasteiger partial charge in [-0.2, -0.15) is 0 Å². The molecule has 6 N–H and O–H groups in total. The van der Waals surface area contributed by atoms with Crippen molar-refractivity contribution in [2.75, 3.05) is 14.1 Å². The van der Waals surface area contributed by atoms with Crippen LogP contribution in [-0.2, 0) is 16.0 Å². The Balaban J connectivity index is 2.00. The van der Waals surface area contributed by atoms with Crippen LogP contribution in [0.4, 0.5) is 4.39 Å². The number of hydrogen-bond donors (Lipinski definition) is 5. The van der Waals surface area contributed by atoms with E-state index in [1.54, 1.807) is 0 Å². The van der Waals surface area contributed by atoms with Crippen LogP contribution in [0.15, 0.2) is 28.7 Å². The average molecular weight is 474 g/mol. The van der Waals surface area contributed by atoms with Gasteiger partial charge in [-0.25, -0.2) is 4.39 Å². The van der Waals surface area contributed by atoms with E-state index in [0.29, 0.717) is 0 Å². The van der Waals surface area contributed by atoms with E-state index in [2.05, 4.69) is 0 Å². The van der Waals surface area contributed by atoms with Gasteiger partial charge < -0.3 is 26.2 Å². The summed E-state index contributed by atoms with van der Waals surface area (Å²) in [5, 5.41) is 43.5. The third kappa shape index (κ3) is 2.86. The Bertz CT molecular complexity index is 1260. The molecule has 0 bridgehead atoms. The molecule has 1 amide bonds. The standard InChI is InChI=1S/C23H23FN2O8/c1-7(27)9-6-12(24)17(28)14-10(9)4-8-5-11-16(26(2)3)19(30)15(22(25)33)21(32)23(11,34)20(31)13(8)18(14)29/h6,8,11,16,28,30-31,34H,4-5H2,1-3H3,(H2,25,33). The van der Waals surface area contributed by atoms with Crippen molar-refractivity contribution in [1.82, 2.24) is 4.90 Å². The molecule has 1 aromatic carbocycles. The first kappa shape index (κ1) is 23.6. The fraction of sp³-hybridized carbons (Fsp3) is 0.391. The number of nitrogens with two attached hydrogens (primary N) is 1. The van der Waals surface area contributed by atoms with Gasteiger partial charge in [0.15, 0.2) is 28.7 Å². The molecule has 34 heavy (non-hydrogen) atoms. The molecular formula is C23H23FN2O8. The molecule has 180 valence electrons. The smallest absolute Gasteiger partial charge is 0.255 e. The summed E-state index contributed by atoms with van der Waals surface area (Å²) in [6, 6.07) is -0.294. The van der Waals surface area contributed by atoms with Crippen molar-refractivity contribution in [3.63, 3.8) is 0 Å². The van der Waals surface area contributed by atoms with E-state index in [1.165, 1.54) is 25.9 Å². The summed E-state index contributed by atoms with van der Waals surface area (Å²) in [6.07, 6.45) is -0.210. The van der Waals surface area contributed by atoms with Crippen LogP contribution >= 0.6 is 0 Å². The number of phenolic OH excluding ortho intramolecular Hbond substituents is 1. The number of carbonyl (C=O) groups is 4.